The van der Waals surface area contributed by atoms with Gasteiger partial charge >= 0.3 is 0 Å². The molecule has 0 radical (unpaired) electrons. The maximum absolute atomic E-state index is 13.1. The number of nitrogens with zero attached hydrogens (tertiary/aromatic N) is 5. The molecule has 1 aromatic heterocycles. The molecule has 35 heavy (non-hydrogen) atoms. The zero-order chi connectivity index (χ0) is 25.2. The highest BCUT2D eigenvalue weighted by Gasteiger charge is 2.21. The maximum atomic E-state index is 13.1. The Morgan fingerprint density at radius 1 is 1.14 bits per heavy atom. The largest absolute Gasteiger partial charge is 0.493 e. The van der Waals surface area contributed by atoms with Gasteiger partial charge in [-0.2, -0.15) is 5.26 Å². The normalized spacial score (nSPS) is 10.3. The number of hydrogen-bond acceptors (Lipinski definition) is 8. The first kappa shape index (κ1) is 25.6. The number of benzene rings is 2. The molecule has 0 aliphatic heterocycles. The number of para-hydroxylation sites is 1. The van der Waals surface area contributed by atoms with Gasteiger partial charge in [-0.1, -0.05) is 36.0 Å². The number of ether oxygens (including phenoxy) is 3. The van der Waals surface area contributed by atoms with E-state index >= 15 is 0 Å². The van der Waals surface area contributed by atoms with Crippen molar-refractivity contribution in [1.29, 1.82) is 5.26 Å². The number of hydrogen-bond donors (Lipinski definition) is 0. The van der Waals surface area contributed by atoms with Gasteiger partial charge < -0.3 is 19.1 Å². The fourth-order valence-corrected chi connectivity index (χ4v) is 4.31. The van der Waals surface area contributed by atoms with Crippen LogP contribution in [0.25, 0.3) is 11.4 Å². The molecule has 0 saturated heterocycles. The Labute approximate surface area is 208 Å². The van der Waals surface area contributed by atoms with Gasteiger partial charge in [-0.3, -0.25) is 9.36 Å². The number of nitriles is 1. The Morgan fingerprint density at radius 3 is 2.40 bits per heavy atom. The van der Waals surface area contributed by atoms with Crippen LogP contribution in [-0.2, 0) is 11.3 Å². The van der Waals surface area contributed by atoms with Crippen LogP contribution < -0.4 is 19.1 Å². The number of rotatable bonds is 12. The van der Waals surface area contributed by atoms with Gasteiger partial charge in [0.2, 0.25) is 11.7 Å². The molecule has 1 heterocycles. The standard InChI is InChI=1S/C25H27N5O4S/c1-5-13-30-24(18-15-20(32-2)23(34-4)21(16-18)33-3)27-28-25(30)35-17-22(31)29(14-9-12-26)19-10-7-6-8-11-19/h5-8,10-11,15-16H,1,9,13-14,17H2,2-4H3. The number of allylic oxidation sites excluding steroid dienone is 1. The lowest BCUT2D eigenvalue weighted by Crippen LogP contribution is -2.33. The van der Waals surface area contributed by atoms with E-state index in [0.717, 1.165) is 5.69 Å². The molecule has 182 valence electrons. The zero-order valence-corrected chi connectivity index (χ0v) is 20.7. The van der Waals surface area contributed by atoms with Gasteiger partial charge in [0.1, 0.15) is 0 Å². The molecular formula is C25H27N5O4S. The van der Waals surface area contributed by atoms with E-state index in [1.54, 1.807) is 44.4 Å². The molecule has 0 spiro atoms. The minimum Gasteiger partial charge on any atom is -0.493 e. The smallest absolute Gasteiger partial charge is 0.237 e. The minimum atomic E-state index is -0.126. The van der Waals surface area contributed by atoms with Gasteiger partial charge in [-0.15, -0.1) is 16.8 Å². The summed E-state index contributed by atoms with van der Waals surface area (Å²) in [6.45, 7) is 4.59. The van der Waals surface area contributed by atoms with Crippen LogP contribution in [0, 0.1) is 11.3 Å². The highest BCUT2D eigenvalue weighted by Crippen LogP contribution is 2.41. The predicted octanol–water partition coefficient (Wildman–Crippen LogP) is 4.20. The lowest BCUT2D eigenvalue weighted by molar-refractivity contribution is -0.116. The lowest BCUT2D eigenvalue weighted by Gasteiger charge is -2.21. The van der Waals surface area contributed by atoms with Crippen LogP contribution >= 0.6 is 11.8 Å². The van der Waals surface area contributed by atoms with Crippen LogP contribution in [-0.4, -0.2) is 54.3 Å². The summed E-state index contributed by atoms with van der Waals surface area (Å²) in [5, 5.41) is 18.3. The van der Waals surface area contributed by atoms with Crippen LogP contribution in [0.2, 0.25) is 0 Å². The van der Waals surface area contributed by atoms with Crippen LogP contribution in [0.1, 0.15) is 6.42 Å². The van der Waals surface area contributed by atoms with E-state index in [2.05, 4.69) is 22.8 Å². The van der Waals surface area contributed by atoms with E-state index in [4.69, 9.17) is 19.5 Å². The second-order valence-electron chi connectivity index (χ2n) is 7.20. The number of carbonyl (C=O) groups is 1. The summed E-state index contributed by atoms with van der Waals surface area (Å²) in [4.78, 5) is 14.7. The first-order valence-corrected chi connectivity index (χ1v) is 11.8. The van der Waals surface area contributed by atoms with E-state index in [0.29, 0.717) is 46.9 Å². The predicted molar refractivity (Wildman–Crippen MR) is 135 cm³/mol. The van der Waals surface area contributed by atoms with Crippen molar-refractivity contribution in [2.45, 2.75) is 18.1 Å². The van der Waals surface area contributed by atoms with E-state index in [1.165, 1.54) is 11.8 Å². The van der Waals surface area contributed by atoms with Gasteiger partial charge in [0.25, 0.3) is 0 Å². The monoisotopic (exact) mass is 493 g/mol. The maximum Gasteiger partial charge on any atom is 0.237 e. The molecule has 0 fully saturated rings. The molecule has 9 nitrogen and oxygen atoms in total. The van der Waals surface area contributed by atoms with Crippen molar-refractivity contribution in [3.05, 3.63) is 55.1 Å². The van der Waals surface area contributed by atoms with Crippen molar-refractivity contribution in [3.8, 4) is 34.7 Å². The van der Waals surface area contributed by atoms with E-state index in [9.17, 15) is 4.79 Å². The highest BCUT2D eigenvalue weighted by atomic mass is 32.2. The average Bonchev–Trinajstić information content (AvgIpc) is 3.29. The van der Waals surface area contributed by atoms with Crippen molar-refractivity contribution >= 4 is 23.4 Å². The second kappa shape index (κ2) is 12.5. The molecule has 1 amide bonds. The molecule has 3 aromatic rings. The van der Waals surface area contributed by atoms with Gasteiger partial charge in [0.15, 0.2) is 22.5 Å². The van der Waals surface area contributed by atoms with Gasteiger partial charge in [-0.05, 0) is 24.3 Å². The fraction of sp³-hybridized carbons (Fsp3) is 0.280. The summed E-state index contributed by atoms with van der Waals surface area (Å²) >= 11 is 1.27. The molecule has 3 rings (SSSR count). The SMILES string of the molecule is C=CCn1c(SCC(=O)N(CCC#N)c2ccccc2)nnc1-c1cc(OC)c(OC)c(OC)c1. The summed E-state index contributed by atoms with van der Waals surface area (Å²) in [6, 6.07) is 15.0. The number of anilines is 1. The average molecular weight is 494 g/mol. The molecule has 0 aliphatic rings. The summed E-state index contributed by atoms with van der Waals surface area (Å²) in [7, 11) is 4.64. The third-order valence-corrected chi connectivity index (χ3v) is 6.04. The van der Waals surface area contributed by atoms with Crippen LogP contribution in [0.4, 0.5) is 5.69 Å². The molecule has 10 heteroatoms. The van der Waals surface area contributed by atoms with Gasteiger partial charge in [0.05, 0.1) is 39.6 Å². The van der Waals surface area contributed by atoms with E-state index in [-0.39, 0.29) is 18.1 Å². The topological polar surface area (TPSA) is 103 Å². The summed E-state index contributed by atoms with van der Waals surface area (Å²) in [5.41, 5.74) is 1.46. The molecular weight excluding hydrogens is 466 g/mol. The van der Waals surface area contributed by atoms with Crippen LogP contribution in [0.5, 0.6) is 17.2 Å². The number of amides is 1. The lowest BCUT2D eigenvalue weighted by atomic mass is 10.1. The summed E-state index contributed by atoms with van der Waals surface area (Å²) in [5.74, 6) is 2.05. The Morgan fingerprint density at radius 2 is 1.83 bits per heavy atom. The van der Waals surface area contributed by atoms with E-state index < -0.39 is 0 Å². The van der Waals surface area contributed by atoms with Crippen molar-refractivity contribution in [1.82, 2.24) is 14.8 Å². The van der Waals surface area contributed by atoms with Gasteiger partial charge in [0, 0.05) is 24.3 Å². The zero-order valence-electron chi connectivity index (χ0n) is 19.9. The highest BCUT2D eigenvalue weighted by molar-refractivity contribution is 7.99. The van der Waals surface area contributed by atoms with Crippen molar-refractivity contribution in [3.63, 3.8) is 0 Å². The fourth-order valence-electron chi connectivity index (χ4n) is 3.48. The molecule has 0 N–H and O–H groups in total. The van der Waals surface area contributed by atoms with Crippen LogP contribution in [0.3, 0.4) is 0 Å². The van der Waals surface area contributed by atoms with Crippen LogP contribution in [0.15, 0.2) is 60.3 Å². The minimum absolute atomic E-state index is 0.126. The van der Waals surface area contributed by atoms with Crippen molar-refractivity contribution in [2.24, 2.45) is 0 Å². The first-order valence-electron chi connectivity index (χ1n) is 10.8. The number of aromatic nitrogens is 3. The first-order chi connectivity index (χ1) is 17.1. The Balaban J connectivity index is 1.88. The molecule has 0 aliphatic carbocycles. The molecule has 0 unspecified atom stereocenters. The molecule has 0 atom stereocenters. The van der Waals surface area contributed by atoms with Crippen molar-refractivity contribution in [2.75, 3.05) is 38.5 Å². The third kappa shape index (κ3) is 5.94. The summed E-state index contributed by atoms with van der Waals surface area (Å²) < 4.78 is 18.2. The van der Waals surface area contributed by atoms with E-state index in [1.807, 2.05) is 34.9 Å². The quantitative estimate of drug-likeness (QED) is 0.273. The van der Waals surface area contributed by atoms with Gasteiger partial charge in [-0.25, -0.2) is 0 Å². The molecule has 0 bridgehead atoms. The summed E-state index contributed by atoms with van der Waals surface area (Å²) in [6.07, 6.45) is 1.98. The number of methoxy groups -OCH3 is 3. The molecule has 2 aromatic carbocycles. The second-order valence-corrected chi connectivity index (χ2v) is 8.14. The third-order valence-electron chi connectivity index (χ3n) is 5.09. The van der Waals surface area contributed by atoms with Crippen molar-refractivity contribution < 1.29 is 19.0 Å². The Bertz CT molecular complexity index is 1180. The Kier molecular flexibility index (Phi) is 9.15. The molecule has 0 saturated carbocycles. The number of thioether (sulfide) groups is 1. The Hall–Kier alpha value is -3.97. The number of carbonyl (C=O) groups excluding carboxylic acids is 1.